The van der Waals surface area contributed by atoms with E-state index < -0.39 is 46.4 Å². The van der Waals surface area contributed by atoms with E-state index in [4.69, 9.17) is 0 Å². The molecule has 1 aliphatic carbocycles. The molecule has 5 atom stereocenters. The van der Waals surface area contributed by atoms with Crippen LogP contribution in [0.3, 0.4) is 0 Å². The smallest absolute Gasteiger partial charge is 0.252 e. The van der Waals surface area contributed by atoms with Crippen LogP contribution in [-0.2, 0) is 27.2 Å². The van der Waals surface area contributed by atoms with E-state index in [9.17, 15) is 24.6 Å². The molecule has 1 heterocycles. The number of carbonyl (C=O) groups is 3. The zero-order valence-electron chi connectivity index (χ0n) is 23.9. The van der Waals surface area contributed by atoms with Gasteiger partial charge in [-0.2, -0.15) is 0 Å². The van der Waals surface area contributed by atoms with E-state index in [-0.39, 0.29) is 24.1 Å². The quantitative estimate of drug-likeness (QED) is 0.390. The predicted molar refractivity (Wildman–Crippen MR) is 156 cm³/mol. The van der Waals surface area contributed by atoms with Crippen LogP contribution in [0.1, 0.15) is 63.8 Å². The van der Waals surface area contributed by atoms with E-state index in [1.807, 2.05) is 89.2 Å². The second-order valence-electron chi connectivity index (χ2n) is 12.4. The number of carbonyl (C=O) groups excluding carboxylic acids is 3. The molecule has 2 aliphatic rings. The van der Waals surface area contributed by atoms with E-state index in [1.165, 1.54) is 16.7 Å². The molecule has 2 aromatic rings. The highest BCUT2D eigenvalue weighted by molar-refractivity contribution is 8.00. The zero-order chi connectivity index (χ0) is 29.2. The minimum atomic E-state index is -1.47. The minimum absolute atomic E-state index is 0.112. The molecule has 0 radical (unpaired) electrons. The Labute approximate surface area is 240 Å². The largest absolute Gasteiger partial charge is 0.390 e. The van der Waals surface area contributed by atoms with E-state index in [0.717, 1.165) is 16.7 Å². The van der Waals surface area contributed by atoms with Crippen molar-refractivity contribution in [1.82, 2.24) is 15.5 Å². The highest BCUT2D eigenvalue weighted by atomic mass is 32.2. The van der Waals surface area contributed by atoms with Crippen LogP contribution >= 0.6 is 11.8 Å². The van der Waals surface area contributed by atoms with Gasteiger partial charge in [-0.1, -0.05) is 54.6 Å². The number of nitrogens with one attached hydrogen (secondary N) is 2. The lowest BCUT2D eigenvalue weighted by Crippen LogP contribution is -2.58. The molecule has 0 unspecified atom stereocenters. The van der Waals surface area contributed by atoms with Gasteiger partial charge in [0.25, 0.3) is 5.91 Å². The Morgan fingerprint density at radius 3 is 2.40 bits per heavy atom. The number of amides is 3. The van der Waals surface area contributed by atoms with Crippen LogP contribution in [0.15, 0.2) is 54.6 Å². The van der Waals surface area contributed by atoms with Gasteiger partial charge in [0.1, 0.15) is 12.1 Å². The van der Waals surface area contributed by atoms with Gasteiger partial charge in [0.2, 0.25) is 11.8 Å². The molecule has 216 valence electrons. The number of thioether (sulfide) groups is 1. The number of nitrogens with zero attached hydrogens (tertiary/aromatic N) is 1. The first-order valence-electron chi connectivity index (χ1n) is 13.8. The van der Waals surface area contributed by atoms with Crippen LogP contribution in [0, 0.1) is 5.92 Å². The monoisotopic (exact) mass is 567 g/mol. The SMILES string of the molecule is CC(C)(C)NC(=O)[C@H]1N(C(=O)[C@@H](O)C[C@@H](Cc2ccccc2)C(=O)N[C@H]2c3ccccc3C[C@H]2O)CSC1(C)C. The fraction of sp³-hybridized carbons (Fsp3) is 0.516. The average Bonchev–Trinajstić information content (AvgIpc) is 3.37. The van der Waals surface area contributed by atoms with Crippen molar-refractivity contribution in [2.24, 2.45) is 5.92 Å². The molecular weight excluding hydrogens is 526 g/mol. The molecule has 1 fully saturated rings. The first kappa shape index (κ1) is 30.1. The summed E-state index contributed by atoms with van der Waals surface area (Å²) in [6.45, 7) is 9.48. The zero-order valence-corrected chi connectivity index (χ0v) is 24.7. The third kappa shape index (κ3) is 6.87. The van der Waals surface area contributed by atoms with Crippen LogP contribution in [0.5, 0.6) is 0 Å². The molecule has 0 spiro atoms. The molecule has 2 aromatic carbocycles. The van der Waals surface area contributed by atoms with E-state index in [1.54, 1.807) is 0 Å². The van der Waals surface area contributed by atoms with Gasteiger partial charge in [0.15, 0.2) is 0 Å². The number of aliphatic hydroxyl groups excluding tert-OH is 2. The van der Waals surface area contributed by atoms with E-state index in [2.05, 4.69) is 10.6 Å². The van der Waals surface area contributed by atoms with Crippen LogP contribution in [0.2, 0.25) is 0 Å². The summed E-state index contributed by atoms with van der Waals surface area (Å²) in [4.78, 5) is 41.9. The van der Waals surface area contributed by atoms with Crippen molar-refractivity contribution in [3.63, 3.8) is 0 Å². The summed E-state index contributed by atoms with van der Waals surface area (Å²) in [5.41, 5.74) is 2.29. The summed E-state index contributed by atoms with van der Waals surface area (Å²) in [5.74, 6) is -1.63. The third-order valence-electron chi connectivity index (χ3n) is 7.57. The van der Waals surface area contributed by atoms with Crippen molar-refractivity contribution in [3.05, 3.63) is 71.3 Å². The normalized spacial score (nSPS) is 23.3. The molecule has 40 heavy (non-hydrogen) atoms. The van der Waals surface area contributed by atoms with Crippen LogP contribution < -0.4 is 10.6 Å². The fourth-order valence-electron chi connectivity index (χ4n) is 5.61. The first-order chi connectivity index (χ1) is 18.8. The second-order valence-corrected chi connectivity index (χ2v) is 14.0. The Morgan fingerprint density at radius 2 is 1.73 bits per heavy atom. The lowest BCUT2D eigenvalue weighted by molar-refractivity contribution is -0.147. The molecule has 8 nitrogen and oxygen atoms in total. The van der Waals surface area contributed by atoms with Crippen molar-refractivity contribution in [3.8, 4) is 0 Å². The summed E-state index contributed by atoms with van der Waals surface area (Å²) in [6.07, 6.45) is -1.57. The van der Waals surface area contributed by atoms with Crippen molar-refractivity contribution in [2.45, 2.75) is 88.5 Å². The number of rotatable bonds is 8. The van der Waals surface area contributed by atoms with Gasteiger partial charge in [-0.15, -0.1) is 11.8 Å². The average molecular weight is 568 g/mol. The Bertz CT molecular complexity index is 1230. The Kier molecular flexibility index (Phi) is 8.97. The minimum Gasteiger partial charge on any atom is -0.390 e. The van der Waals surface area contributed by atoms with Crippen molar-refractivity contribution in [1.29, 1.82) is 0 Å². The molecule has 4 rings (SSSR count). The third-order valence-corrected chi connectivity index (χ3v) is 8.94. The molecule has 9 heteroatoms. The van der Waals surface area contributed by atoms with E-state index in [0.29, 0.717) is 12.8 Å². The summed E-state index contributed by atoms with van der Waals surface area (Å²) < 4.78 is -0.544. The van der Waals surface area contributed by atoms with Crippen LogP contribution in [0.25, 0.3) is 0 Å². The fourth-order valence-corrected chi connectivity index (χ4v) is 6.75. The van der Waals surface area contributed by atoms with Gasteiger partial charge in [-0.3, -0.25) is 14.4 Å². The Balaban J connectivity index is 1.53. The molecule has 0 saturated carbocycles. The van der Waals surface area contributed by atoms with Crippen LogP contribution in [0.4, 0.5) is 0 Å². The number of hydrogen-bond acceptors (Lipinski definition) is 6. The Hall–Kier alpha value is -2.88. The molecule has 1 saturated heterocycles. The summed E-state index contributed by atoms with van der Waals surface area (Å²) in [5, 5.41) is 27.8. The second kappa shape index (κ2) is 11.9. The molecule has 4 N–H and O–H groups in total. The maximum Gasteiger partial charge on any atom is 0.252 e. The lowest BCUT2D eigenvalue weighted by Gasteiger charge is -2.34. The van der Waals surface area contributed by atoms with Gasteiger partial charge in [0, 0.05) is 22.6 Å². The topological polar surface area (TPSA) is 119 Å². The maximum absolute atomic E-state index is 13.6. The number of benzene rings is 2. The van der Waals surface area contributed by atoms with Crippen molar-refractivity contribution >= 4 is 29.5 Å². The molecule has 1 aliphatic heterocycles. The molecule has 0 bridgehead atoms. The van der Waals surface area contributed by atoms with Gasteiger partial charge in [0.05, 0.1) is 18.0 Å². The van der Waals surface area contributed by atoms with Gasteiger partial charge >= 0.3 is 0 Å². The standard InChI is InChI=1S/C31H41N3O5S/c1-30(2,3)33-28(38)26-31(4,5)40-18-34(26)29(39)24(36)17-21(15-19-11-7-6-8-12-19)27(37)32-25-22-14-10-9-13-20(22)16-23(25)35/h6-14,21,23-26,35-36H,15-18H2,1-5H3,(H,32,37)(H,33,38)/t21-,23-,24+,25+,26-/m1/s1. The summed E-state index contributed by atoms with van der Waals surface area (Å²) in [6, 6.07) is 15.8. The van der Waals surface area contributed by atoms with Crippen molar-refractivity contribution in [2.75, 3.05) is 5.88 Å². The summed E-state index contributed by atoms with van der Waals surface area (Å²) >= 11 is 1.48. The number of hydrogen-bond donors (Lipinski definition) is 4. The predicted octanol–water partition coefficient (Wildman–Crippen LogP) is 2.97. The molecular formula is C31H41N3O5S. The highest BCUT2D eigenvalue weighted by Crippen LogP contribution is 2.40. The molecule has 3 amide bonds. The van der Waals surface area contributed by atoms with E-state index >= 15 is 0 Å². The first-order valence-corrected chi connectivity index (χ1v) is 14.8. The van der Waals surface area contributed by atoms with Crippen molar-refractivity contribution < 1.29 is 24.6 Å². The van der Waals surface area contributed by atoms with Gasteiger partial charge in [-0.25, -0.2) is 0 Å². The summed E-state index contributed by atoms with van der Waals surface area (Å²) in [7, 11) is 0. The van der Waals surface area contributed by atoms with Gasteiger partial charge < -0.3 is 25.7 Å². The van der Waals surface area contributed by atoms with Gasteiger partial charge in [-0.05, 0) is 64.2 Å². The maximum atomic E-state index is 13.6. The Morgan fingerprint density at radius 1 is 1.07 bits per heavy atom. The lowest BCUT2D eigenvalue weighted by atomic mass is 9.91. The molecule has 0 aromatic heterocycles. The highest BCUT2D eigenvalue weighted by Gasteiger charge is 2.49. The number of fused-ring (bicyclic) bond motifs is 1. The van der Waals surface area contributed by atoms with Crippen LogP contribution in [-0.4, -0.2) is 67.2 Å². The number of aliphatic hydroxyl groups is 2.